The lowest BCUT2D eigenvalue weighted by Gasteiger charge is -1.98. The van der Waals surface area contributed by atoms with Gasteiger partial charge in [0.1, 0.15) is 5.82 Å². The molecule has 0 unspecified atom stereocenters. The van der Waals surface area contributed by atoms with Crippen molar-refractivity contribution in [3.05, 3.63) is 29.9 Å². The molecule has 1 heterocycles. The third-order valence-corrected chi connectivity index (χ3v) is 1.88. The molecule has 1 aromatic rings. The standard InChI is InChI=1S/C9H15N3/c1-8(7-10)3-4-9-11-5-6-12(9)2/h3,5-6H,4,7,10H2,1-2H3/b8-3-. The van der Waals surface area contributed by atoms with E-state index in [1.54, 1.807) is 6.20 Å². The normalized spacial score (nSPS) is 12.1. The molecule has 0 saturated carbocycles. The highest BCUT2D eigenvalue weighted by Gasteiger charge is 1.95. The van der Waals surface area contributed by atoms with Crippen LogP contribution in [0.4, 0.5) is 0 Å². The molecular formula is C9H15N3. The first-order valence-corrected chi connectivity index (χ1v) is 4.06. The monoisotopic (exact) mass is 165 g/mol. The van der Waals surface area contributed by atoms with Gasteiger partial charge < -0.3 is 10.3 Å². The second-order valence-corrected chi connectivity index (χ2v) is 2.91. The average Bonchev–Trinajstić information content (AvgIpc) is 2.47. The van der Waals surface area contributed by atoms with Crippen LogP contribution in [-0.4, -0.2) is 16.1 Å². The van der Waals surface area contributed by atoms with E-state index in [4.69, 9.17) is 5.73 Å². The highest BCUT2D eigenvalue weighted by atomic mass is 15.0. The summed E-state index contributed by atoms with van der Waals surface area (Å²) in [5.41, 5.74) is 6.66. The van der Waals surface area contributed by atoms with Crippen molar-refractivity contribution in [2.24, 2.45) is 12.8 Å². The van der Waals surface area contributed by atoms with Gasteiger partial charge in [0.15, 0.2) is 0 Å². The van der Waals surface area contributed by atoms with Crippen molar-refractivity contribution in [3.63, 3.8) is 0 Å². The summed E-state index contributed by atoms with van der Waals surface area (Å²) in [7, 11) is 1.99. The van der Waals surface area contributed by atoms with Gasteiger partial charge >= 0.3 is 0 Å². The van der Waals surface area contributed by atoms with Crippen LogP contribution < -0.4 is 5.73 Å². The molecule has 0 saturated heterocycles. The van der Waals surface area contributed by atoms with E-state index < -0.39 is 0 Å². The molecule has 0 aliphatic rings. The second kappa shape index (κ2) is 4.07. The molecule has 0 aliphatic heterocycles. The van der Waals surface area contributed by atoms with E-state index in [0.29, 0.717) is 6.54 Å². The lowest BCUT2D eigenvalue weighted by Crippen LogP contribution is -2.01. The van der Waals surface area contributed by atoms with Gasteiger partial charge in [-0.3, -0.25) is 0 Å². The summed E-state index contributed by atoms with van der Waals surface area (Å²) in [5.74, 6) is 1.07. The van der Waals surface area contributed by atoms with Crippen molar-refractivity contribution in [1.29, 1.82) is 0 Å². The average molecular weight is 165 g/mol. The number of allylic oxidation sites excluding steroid dienone is 1. The minimum absolute atomic E-state index is 0.629. The van der Waals surface area contributed by atoms with Gasteiger partial charge in [0.25, 0.3) is 0 Å². The van der Waals surface area contributed by atoms with Crippen molar-refractivity contribution in [2.45, 2.75) is 13.3 Å². The van der Waals surface area contributed by atoms with E-state index in [1.807, 2.05) is 24.7 Å². The molecule has 0 spiro atoms. The first kappa shape index (κ1) is 9.00. The molecule has 12 heavy (non-hydrogen) atoms. The summed E-state index contributed by atoms with van der Waals surface area (Å²) in [6, 6.07) is 0. The quantitative estimate of drug-likeness (QED) is 0.675. The first-order chi connectivity index (χ1) is 5.74. The molecule has 1 rings (SSSR count). The molecule has 0 bridgehead atoms. The molecule has 0 amide bonds. The molecule has 66 valence electrons. The van der Waals surface area contributed by atoms with Crippen molar-refractivity contribution < 1.29 is 0 Å². The van der Waals surface area contributed by atoms with Crippen LogP contribution in [0.2, 0.25) is 0 Å². The van der Waals surface area contributed by atoms with E-state index in [2.05, 4.69) is 11.1 Å². The molecule has 0 aromatic carbocycles. The third-order valence-electron chi connectivity index (χ3n) is 1.88. The summed E-state index contributed by atoms with van der Waals surface area (Å²) in [4.78, 5) is 4.20. The predicted molar refractivity (Wildman–Crippen MR) is 49.7 cm³/mol. The fourth-order valence-electron chi connectivity index (χ4n) is 0.942. The summed E-state index contributed by atoms with van der Waals surface area (Å²) in [5, 5.41) is 0. The Balaban J connectivity index is 2.59. The smallest absolute Gasteiger partial charge is 0.112 e. The summed E-state index contributed by atoms with van der Waals surface area (Å²) in [6.07, 6.45) is 6.73. The zero-order chi connectivity index (χ0) is 8.97. The molecule has 1 aromatic heterocycles. The number of hydrogen-bond acceptors (Lipinski definition) is 2. The van der Waals surface area contributed by atoms with Crippen LogP contribution in [0.5, 0.6) is 0 Å². The number of aromatic nitrogens is 2. The fraction of sp³-hybridized carbons (Fsp3) is 0.444. The maximum absolute atomic E-state index is 5.45. The zero-order valence-electron chi connectivity index (χ0n) is 7.62. The Kier molecular flexibility index (Phi) is 3.05. The van der Waals surface area contributed by atoms with Crippen molar-refractivity contribution in [1.82, 2.24) is 9.55 Å². The van der Waals surface area contributed by atoms with Crippen LogP contribution in [-0.2, 0) is 13.5 Å². The fourth-order valence-corrected chi connectivity index (χ4v) is 0.942. The van der Waals surface area contributed by atoms with Crippen LogP contribution in [0, 0.1) is 0 Å². The van der Waals surface area contributed by atoms with Crippen LogP contribution >= 0.6 is 0 Å². The molecule has 0 aliphatic carbocycles. The minimum atomic E-state index is 0.629. The SMILES string of the molecule is C/C(=C/Cc1nccn1C)CN. The van der Waals surface area contributed by atoms with Gasteiger partial charge in [0.2, 0.25) is 0 Å². The van der Waals surface area contributed by atoms with Crippen LogP contribution in [0.15, 0.2) is 24.0 Å². The maximum Gasteiger partial charge on any atom is 0.112 e. The Morgan fingerprint density at radius 2 is 2.50 bits per heavy atom. The highest BCUT2D eigenvalue weighted by molar-refractivity contribution is 5.05. The minimum Gasteiger partial charge on any atom is -0.338 e. The number of rotatable bonds is 3. The predicted octanol–water partition coefficient (Wildman–Crippen LogP) is 0.868. The maximum atomic E-state index is 5.45. The zero-order valence-corrected chi connectivity index (χ0v) is 7.62. The molecule has 0 radical (unpaired) electrons. The molecule has 2 N–H and O–H groups in total. The lowest BCUT2D eigenvalue weighted by atomic mass is 10.2. The van der Waals surface area contributed by atoms with E-state index in [0.717, 1.165) is 12.2 Å². The Bertz CT molecular complexity index is 273. The number of imidazole rings is 1. The summed E-state index contributed by atoms with van der Waals surface area (Å²) < 4.78 is 2.01. The number of hydrogen-bond donors (Lipinski definition) is 1. The Hall–Kier alpha value is -1.09. The van der Waals surface area contributed by atoms with Crippen molar-refractivity contribution >= 4 is 0 Å². The topological polar surface area (TPSA) is 43.8 Å². The molecule has 3 nitrogen and oxygen atoms in total. The van der Waals surface area contributed by atoms with Gasteiger partial charge in [-0.15, -0.1) is 0 Å². The highest BCUT2D eigenvalue weighted by Crippen LogP contribution is 1.98. The van der Waals surface area contributed by atoms with Gasteiger partial charge in [0.05, 0.1) is 0 Å². The van der Waals surface area contributed by atoms with Crippen molar-refractivity contribution in [3.8, 4) is 0 Å². The van der Waals surface area contributed by atoms with Crippen LogP contribution in [0.3, 0.4) is 0 Å². The lowest BCUT2D eigenvalue weighted by molar-refractivity contribution is 0.827. The number of nitrogens with two attached hydrogens (primary N) is 1. The molecular weight excluding hydrogens is 150 g/mol. The van der Waals surface area contributed by atoms with E-state index in [-0.39, 0.29) is 0 Å². The van der Waals surface area contributed by atoms with Gasteiger partial charge in [-0.25, -0.2) is 4.98 Å². The summed E-state index contributed by atoms with van der Waals surface area (Å²) >= 11 is 0. The number of aryl methyl sites for hydroxylation is 1. The largest absolute Gasteiger partial charge is 0.338 e. The van der Waals surface area contributed by atoms with Gasteiger partial charge in [0, 0.05) is 32.4 Å². The molecule has 0 atom stereocenters. The van der Waals surface area contributed by atoms with E-state index >= 15 is 0 Å². The van der Waals surface area contributed by atoms with Gasteiger partial charge in [-0.05, 0) is 6.92 Å². The summed E-state index contributed by atoms with van der Waals surface area (Å²) in [6.45, 7) is 2.66. The third kappa shape index (κ3) is 2.20. The van der Waals surface area contributed by atoms with E-state index in [9.17, 15) is 0 Å². The number of nitrogens with zero attached hydrogens (tertiary/aromatic N) is 2. The molecule has 3 heteroatoms. The molecule has 0 fully saturated rings. The second-order valence-electron chi connectivity index (χ2n) is 2.91. The Morgan fingerprint density at radius 3 is 3.00 bits per heavy atom. The van der Waals surface area contributed by atoms with Crippen molar-refractivity contribution in [2.75, 3.05) is 6.54 Å². The Morgan fingerprint density at radius 1 is 1.75 bits per heavy atom. The van der Waals surface area contributed by atoms with Gasteiger partial charge in [-0.2, -0.15) is 0 Å². The Labute approximate surface area is 72.9 Å². The van der Waals surface area contributed by atoms with E-state index in [1.165, 1.54) is 5.57 Å². The first-order valence-electron chi connectivity index (χ1n) is 4.06. The van der Waals surface area contributed by atoms with Gasteiger partial charge in [-0.1, -0.05) is 11.6 Å². The van der Waals surface area contributed by atoms with Crippen LogP contribution in [0.25, 0.3) is 0 Å². The van der Waals surface area contributed by atoms with Crippen LogP contribution in [0.1, 0.15) is 12.7 Å².